The van der Waals surface area contributed by atoms with E-state index in [1.807, 2.05) is 17.3 Å². The lowest BCUT2D eigenvalue weighted by Gasteiger charge is -2.26. The fourth-order valence-corrected chi connectivity index (χ4v) is 4.67. The summed E-state index contributed by atoms with van der Waals surface area (Å²) in [7, 11) is 0. The third-order valence-electron chi connectivity index (χ3n) is 6.26. The summed E-state index contributed by atoms with van der Waals surface area (Å²) in [5.74, 6) is 1.54. The Balaban J connectivity index is 1.31. The maximum Gasteiger partial charge on any atom is 0.272 e. The minimum atomic E-state index is -0.00486. The quantitative estimate of drug-likeness (QED) is 0.681. The SMILES string of the molecule is O=C(c1cnc2ncc(-c3ccc(N4CCCC4)nc3)cn12)N1CC2CC1CO2. The predicted molar refractivity (Wildman–Crippen MR) is 107 cm³/mol. The number of carbonyl (C=O) groups excluding carboxylic acids is 1. The minimum absolute atomic E-state index is 0.00486. The van der Waals surface area contributed by atoms with E-state index in [0.29, 0.717) is 24.6 Å². The molecule has 0 radical (unpaired) electrons. The molecular weight excluding hydrogens is 368 g/mol. The van der Waals surface area contributed by atoms with Crippen LogP contribution >= 0.6 is 0 Å². The molecule has 0 spiro atoms. The van der Waals surface area contributed by atoms with E-state index in [1.54, 1.807) is 16.8 Å². The lowest BCUT2D eigenvalue weighted by Crippen LogP contribution is -2.41. The molecule has 148 valence electrons. The second-order valence-corrected chi connectivity index (χ2v) is 8.06. The van der Waals surface area contributed by atoms with Crippen molar-refractivity contribution in [2.24, 2.45) is 0 Å². The fraction of sp³-hybridized carbons (Fsp3) is 0.429. The highest BCUT2D eigenvalue weighted by Crippen LogP contribution is 2.29. The van der Waals surface area contributed by atoms with Gasteiger partial charge in [0.15, 0.2) is 0 Å². The van der Waals surface area contributed by atoms with Crippen LogP contribution in [0.4, 0.5) is 5.82 Å². The van der Waals surface area contributed by atoms with E-state index in [0.717, 1.165) is 36.5 Å². The Hall–Kier alpha value is -3.00. The van der Waals surface area contributed by atoms with Crippen LogP contribution in [-0.4, -0.2) is 68.5 Å². The number of aromatic nitrogens is 4. The van der Waals surface area contributed by atoms with E-state index in [2.05, 4.69) is 32.0 Å². The highest BCUT2D eigenvalue weighted by Gasteiger charge is 2.42. The molecule has 3 aromatic rings. The maximum atomic E-state index is 13.1. The summed E-state index contributed by atoms with van der Waals surface area (Å²) in [4.78, 5) is 30.8. The fourth-order valence-electron chi connectivity index (χ4n) is 4.67. The molecular formula is C21H22N6O2. The van der Waals surface area contributed by atoms with Crippen molar-refractivity contribution in [3.63, 3.8) is 0 Å². The molecule has 6 heterocycles. The molecule has 6 rings (SSSR count). The molecule has 3 fully saturated rings. The van der Waals surface area contributed by atoms with Crippen LogP contribution in [0.2, 0.25) is 0 Å². The van der Waals surface area contributed by atoms with Gasteiger partial charge >= 0.3 is 0 Å². The van der Waals surface area contributed by atoms with E-state index < -0.39 is 0 Å². The first kappa shape index (κ1) is 16.9. The van der Waals surface area contributed by atoms with Crippen molar-refractivity contribution in [3.8, 4) is 11.1 Å². The van der Waals surface area contributed by atoms with Crippen molar-refractivity contribution < 1.29 is 9.53 Å². The number of anilines is 1. The summed E-state index contributed by atoms with van der Waals surface area (Å²) < 4.78 is 7.41. The Bertz CT molecular complexity index is 1070. The Morgan fingerprint density at radius 1 is 1.03 bits per heavy atom. The molecule has 3 aliphatic heterocycles. The number of ether oxygens (including phenoxy) is 1. The zero-order valence-electron chi connectivity index (χ0n) is 16.1. The van der Waals surface area contributed by atoms with E-state index in [4.69, 9.17) is 4.74 Å². The summed E-state index contributed by atoms with van der Waals surface area (Å²) in [5, 5.41) is 0. The number of likely N-dealkylation sites (tertiary alicyclic amines) is 1. The van der Waals surface area contributed by atoms with Crippen LogP contribution in [0.25, 0.3) is 16.9 Å². The van der Waals surface area contributed by atoms with E-state index >= 15 is 0 Å². The second kappa shape index (κ2) is 6.52. The van der Waals surface area contributed by atoms with Gasteiger partial charge in [0.1, 0.15) is 11.5 Å². The normalized spacial score (nSPS) is 23.4. The number of imidazole rings is 1. The topological polar surface area (TPSA) is 75.9 Å². The van der Waals surface area contributed by atoms with Crippen LogP contribution in [0, 0.1) is 0 Å². The second-order valence-electron chi connectivity index (χ2n) is 8.06. The Morgan fingerprint density at radius 2 is 1.86 bits per heavy atom. The zero-order valence-corrected chi connectivity index (χ0v) is 16.1. The van der Waals surface area contributed by atoms with Crippen LogP contribution < -0.4 is 4.90 Å². The number of amides is 1. The number of morpholine rings is 1. The van der Waals surface area contributed by atoms with Gasteiger partial charge in [0.25, 0.3) is 5.91 Å². The third-order valence-corrected chi connectivity index (χ3v) is 6.26. The first-order chi connectivity index (χ1) is 14.3. The van der Waals surface area contributed by atoms with Gasteiger partial charge in [0.05, 0.1) is 24.9 Å². The Morgan fingerprint density at radius 3 is 2.59 bits per heavy atom. The van der Waals surface area contributed by atoms with Crippen molar-refractivity contribution >= 4 is 17.5 Å². The minimum Gasteiger partial charge on any atom is -0.374 e. The molecule has 8 heteroatoms. The highest BCUT2D eigenvalue weighted by molar-refractivity contribution is 5.93. The zero-order chi connectivity index (χ0) is 19.4. The first-order valence-corrected chi connectivity index (χ1v) is 10.2. The number of rotatable bonds is 3. The summed E-state index contributed by atoms with van der Waals surface area (Å²) in [5.41, 5.74) is 2.43. The van der Waals surface area contributed by atoms with Crippen LogP contribution in [0.1, 0.15) is 29.8 Å². The van der Waals surface area contributed by atoms with Gasteiger partial charge in [0, 0.05) is 49.4 Å². The molecule has 0 N–H and O–H groups in total. The van der Waals surface area contributed by atoms with Gasteiger partial charge < -0.3 is 14.5 Å². The van der Waals surface area contributed by atoms with Crippen LogP contribution in [-0.2, 0) is 4.74 Å². The molecule has 3 saturated heterocycles. The molecule has 29 heavy (non-hydrogen) atoms. The van der Waals surface area contributed by atoms with Gasteiger partial charge in [-0.15, -0.1) is 0 Å². The number of hydrogen-bond donors (Lipinski definition) is 0. The van der Waals surface area contributed by atoms with E-state index in [-0.39, 0.29) is 18.1 Å². The van der Waals surface area contributed by atoms with Gasteiger partial charge in [-0.1, -0.05) is 0 Å². The first-order valence-electron chi connectivity index (χ1n) is 10.2. The third kappa shape index (κ3) is 2.78. The number of hydrogen-bond acceptors (Lipinski definition) is 6. The molecule has 0 aliphatic carbocycles. The van der Waals surface area contributed by atoms with Crippen molar-refractivity contribution in [1.29, 1.82) is 0 Å². The molecule has 8 nitrogen and oxygen atoms in total. The number of nitrogens with zero attached hydrogens (tertiary/aromatic N) is 6. The number of fused-ring (bicyclic) bond motifs is 3. The molecule has 2 unspecified atom stereocenters. The average Bonchev–Trinajstić information content (AvgIpc) is 3.57. The molecule has 3 aliphatic rings. The van der Waals surface area contributed by atoms with E-state index in [9.17, 15) is 4.79 Å². The standard InChI is InChI=1S/C21H22N6O2/c28-20(26-12-17-7-16(26)13-29-17)18-10-24-21-23-9-15(11-27(18)21)14-3-4-19(22-8-14)25-5-1-2-6-25/h3-4,8-11,16-17H,1-2,5-7,12-13H2. The Labute approximate surface area is 168 Å². The van der Waals surface area contributed by atoms with Crippen LogP contribution in [0.5, 0.6) is 0 Å². The predicted octanol–water partition coefficient (Wildman–Crippen LogP) is 2.00. The lowest BCUT2D eigenvalue weighted by molar-refractivity contribution is 0.0255. The number of carbonyl (C=O) groups is 1. The van der Waals surface area contributed by atoms with Gasteiger partial charge in [-0.25, -0.2) is 15.0 Å². The molecule has 0 aromatic carbocycles. The monoisotopic (exact) mass is 390 g/mol. The summed E-state index contributed by atoms with van der Waals surface area (Å²) in [6, 6.07) is 4.31. The lowest BCUT2D eigenvalue weighted by atomic mass is 10.1. The average molecular weight is 390 g/mol. The summed E-state index contributed by atoms with van der Waals surface area (Å²) in [6.45, 7) is 3.44. The summed E-state index contributed by atoms with van der Waals surface area (Å²) >= 11 is 0. The molecule has 1 amide bonds. The summed E-state index contributed by atoms with van der Waals surface area (Å²) in [6.07, 6.45) is 10.8. The van der Waals surface area contributed by atoms with Crippen molar-refractivity contribution in [2.75, 3.05) is 31.1 Å². The van der Waals surface area contributed by atoms with Gasteiger partial charge in [-0.2, -0.15) is 0 Å². The van der Waals surface area contributed by atoms with Gasteiger partial charge in [-0.05, 0) is 31.4 Å². The maximum absolute atomic E-state index is 13.1. The molecule has 3 aromatic heterocycles. The van der Waals surface area contributed by atoms with Crippen molar-refractivity contribution in [3.05, 3.63) is 42.6 Å². The van der Waals surface area contributed by atoms with Crippen molar-refractivity contribution in [2.45, 2.75) is 31.4 Å². The van der Waals surface area contributed by atoms with Crippen molar-refractivity contribution in [1.82, 2.24) is 24.3 Å². The van der Waals surface area contributed by atoms with E-state index in [1.165, 1.54) is 12.8 Å². The smallest absolute Gasteiger partial charge is 0.272 e. The number of pyridine rings is 1. The van der Waals surface area contributed by atoms with Gasteiger partial charge in [0.2, 0.25) is 5.78 Å². The van der Waals surface area contributed by atoms with Gasteiger partial charge in [-0.3, -0.25) is 9.20 Å². The Kier molecular flexibility index (Phi) is 3.80. The van der Waals surface area contributed by atoms with Crippen LogP contribution in [0.3, 0.4) is 0 Å². The largest absolute Gasteiger partial charge is 0.374 e. The molecule has 0 saturated carbocycles. The highest BCUT2D eigenvalue weighted by atomic mass is 16.5. The van der Waals surface area contributed by atoms with Crippen LogP contribution in [0.15, 0.2) is 36.9 Å². The molecule has 2 bridgehead atoms. The molecule has 2 atom stereocenters.